The van der Waals surface area contributed by atoms with Crippen LogP contribution < -0.4 is 5.32 Å². The van der Waals surface area contributed by atoms with Gasteiger partial charge in [0.1, 0.15) is 6.61 Å². The number of Topliss-reactive ketones (excluding diaryl/α,β-unsaturated/α-hetero) is 1. The lowest BCUT2D eigenvalue weighted by atomic mass is 10.1. The molecule has 0 heterocycles. The first-order valence-corrected chi connectivity index (χ1v) is 7.68. The zero-order chi connectivity index (χ0) is 16.1. The highest BCUT2D eigenvalue weighted by molar-refractivity contribution is 7.81. The molecule has 1 amide bonds. The fraction of sp³-hybridized carbons (Fsp3) is 0.857. The van der Waals surface area contributed by atoms with Crippen molar-refractivity contribution in [2.45, 2.75) is 26.0 Å². The molecule has 0 saturated carbocycles. The summed E-state index contributed by atoms with van der Waals surface area (Å²) >= 11 is 4.01. The van der Waals surface area contributed by atoms with Gasteiger partial charge in [-0.3, -0.25) is 9.59 Å². The Balaban J connectivity index is 3.20. The van der Waals surface area contributed by atoms with Gasteiger partial charge in [0, 0.05) is 12.5 Å². The van der Waals surface area contributed by atoms with Crippen LogP contribution in [0.2, 0.25) is 0 Å². The van der Waals surface area contributed by atoms with Crippen LogP contribution in [0.4, 0.5) is 0 Å². The number of hydrogen-bond acceptors (Lipinski definition) is 6. The van der Waals surface area contributed by atoms with Gasteiger partial charge < -0.3 is 19.5 Å². The maximum atomic E-state index is 11.2. The molecule has 7 heteroatoms. The first-order chi connectivity index (χ1) is 9.95. The van der Waals surface area contributed by atoms with Crippen molar-refractivity contribution in [3.63, 3.8) is 0 Å². The second-order valence-electron chi connectivity index (χ2n) is 4.87. The fourth-order valence-corrected chi connectivity index (χ4v) is 1.26. The van der Waals surface area contributed by atoms with Crippen LogP contribution in [0.5, 0.6) is 0 Å². The highest BCUT2D eigenvalue weighted by atomic mass is 32.1. The van der Waals surface area contributed by atoms with Crippen molar-refractivity contribution >= 4 is 24.3 Å². The normalized spacial score (nSPS) is 12.4. The van der Waals surface area contributed by atoms with Gasteiger partial charge in [-0.1, -0.05) is 13.8 Å². The van der Waals surface area contributed by atoms with E-state index in [4.69, 9.17) is 14.2 Å². The van der Waals surface area contributed by atoms with E-state index in [1.165, 1.54) is 0 Å². The lowest BCUT2D eigenvalue weighted by molar-refractivity contribution is -0.127. The van der Waals surface area contributed by atoms with Crippen LogP contribution >= 0.6 is 12.6 Å². The Morgan fingerprint density at radius 1 is 0.952 bits per heavy atom. The summed E-state index contributed by atoms with van der Waals surface area (Å²) in [5.74, 6) is -0.00691. The van der Waals surface area contributed by atoms with Crippen LogP contribution in [0.25, 0.3) is 0 Å². The molecule has 21 heavy (non-hydrogen) atoms. The van der Waals surface area contributed by atoms with Crippen LogP contribution in [-0.4, -0.2) is 63.1 Å². The number of amides is 1. The maximum Gasteiger partial charge on any atom is 0.232 e. The molecule has 0 aromatic rings. The molecule has 6 nitrogen and oxygen atoms in total. The zero-order valence-corrected chi connectivity index (χ0v) is 14.0. The largest absolute Gasteiger partial charge is 0.377 e. The van der Waals surface area contributed by atoms with Crippen molar-refractivity contribution in [1.29, 1.82) is 0 Å². The van der Waals surface area contributed by atoms with E-state index in [2.05, 4.69) is 17.9 Å². The van der Waals surface area contributed by atoms with E-state index in [-0.39, 0.29) is 29.5 Å². The third kappa shape index (κ3) is 12.8. The standard InChI is InChI=1S/C14H27NO5S/c1-11(2)13(16)10-20-9-8-19-7-6-18-5-4-15-14(17)12(3)21/h11-12,21H,4-10H2,1-3H3,(H,15,17). The molecule has 0 saturated heterocycles. The minimum Gasteiger partial charge on any atom is -0.377 e. The van der Waals surface area contributed by atoms with E-state index in [9.17, 15) is 9.59 Å². The van der Waals surface area contributed by atoms with Gasteiger partial charge in [0.2, 0.25) is 5.91 Å². The Morgan fingerprint density at radius 3 is 2.00 bits per heavy atom. The van der Waals surface area contributed by atoms with E-state index in [0.717, 1.165) is 0 Å². The average Bonchev–Trinajstić information content (AvgIpc) is 2.43. The number of carbonyl (C=O) groups excluding carboxylic acids is 2. The summed E-state index contributed by atoms with van der Waals surface area (Å²) < 4.78 is 15.7. The molecular weight excluding hydrogens is 294 g/mol. The van der Waals surface area contributed by atoms with Crippen molar-refractivity contribution < 1.29 is 23.8 Å². The van der Waals surface area contributed by atoms with Gasteiger partial charge in [-0.25, -0.2) is 0 Å². The van der Waals surface area contributed by atoms with Crippen LogP contribution in [-0.2, 0) is 23.8 Å². The minimum absolute atomic E-state index is 0.00495. The molecule has 0 aromatic heterocycles. The topological polar surface area (TPSA) is 73.9 Å². The smallest absolute Gasteiger partial charge is 0.232 e. The predicted molar refractivity (Wildman–Crippen MR) is 83.8 cm³/mol. The fourth-order valence-electron chi connectivity index (χ4n) is 1.17. The number of thiol groups is 1. The van der Waals surface area contributed by atoms with Gasteiger partial charge in [-0.15, -0.1) is 0 Å². The lowest BCUT2D eigenvalue weighted by Crippen LogP contribution is -2.32. The highest BCUT2D eigenvalue weighted by Crippen LogP contribution is 1.94. The van der Waals surface area contributed by atoms with E-state index >= 15 is 0 Å². The summed E-state index contributed by atoms with van der Waals surface area (Å²) in [6, 6.07) is 0. The molecule has 0 spiro atoms. The molecule has 0 bridgehead atoms. The van der Waals surface area contributed by atoms with E-state index in [1.54, 1.807) is 6.92 Å². The molecule has 0 aliphatic carbocycles. The molecular formula is C14H27NO5S. The Morgan fingerprint density at radius 2 is 1.48 bits per heavy atom. The van der Waals surface area contributed by atoms with Crippen molar-refractivity contribution in [3.05, 3.63) is 0 Å². The van der Waals surface area contributed by atoms with Crippen LogP contribution in [0.1, 0.15) is 20.8 Å². The van der Waals surface area contributed by atoms with Crippen molar-refractivity contribution in [3.8, 4) is 0 Å². The molecule has 1 N–H and O–H groups in total. The van der Waals surface area contributed by atoms with E-state index < -0.39 is 0 Å². The summed E-state index contributed by atoms with van der Waals surface area (Å²) in [4.78, 5) is 22.4. The number of hydrogen-bond donors (Lipinski definition) is 2. The second kappa shape index (κ2) is 13.1. The lowest BCUT2D eigenvalue weighted by Gasteiger charge is -2.09. The summed E-state index contributed by atoms with van der Waals surface area (Å²) in [6.07, 6.45) is 0. The second-order valence-corrected chi connectivity index (χ2v) is 5.64. The van der Waals surface area contributed by atoms with Crippen molar-refractivity contribution in [1.82, 2.24) is 5.32 Å². The van der Waals surface area contributed by atoms with E-state index in [0.29, 0.717) is 39.6 Å². The van der Waals surface area contributed by atoms with Crippen molar-refractivity contribution in [2.24, 2.45) is 5.92 Å². The Bertz CT molecular complexity index is 269. The van der Waals surface area contributed by atoms with Gasteiger partial charge >= 0.3 is 0 Å². The van der Waals surface area contributed by atoms with Crippen LogP contribution in [0.3, 0.4) is 0 Å². The Kier molecular flexibility index (Phi) is 12.7. The molecule has 0 aliphatic heterocycles. The van der Waals surface area contributed by atoms with Crippen LogP contribution in [0, 0.1) is 5.92 Å². The molecule has 0 aliphatic rings. The third-order valence-electron chi connectivity index (χ3n) is 2.56. The molecule has 0 radical (unpaired) electrons. The Hall–Kier alpha value is -0.630. The highest BCUT2D eigenvalue weighted by Gasteiger charge is 2.06. The zero-order valence-electron chi connectivity index (χ0n) is 13.1. The maximum absolute atomic E-state index is 11.2. The molecule has 0 rings (SSSR count). The van der Waals surface area contributed by atoms with Gasteiger partial charge in [0.25, 0.3) is 0 Å². The third-order valence-corrected chi connectivity index (χ3v) is 2.79. The summed E-state index contributed by atoms with van der Waals surface area (Å²) in [5, 5.41) is 2.38. The van der Waals surface area contributed by atoms with Gasteiger partial charge in [-0.05, 0) is 6.92 Å². The predicted octanol–water partition coefficient (Wildman–Crippen LogP) is 0.696. The SMILES string of the molecule is CC(C)C(=O)COCCOCCOCCNC(=O)C(C)S. The number of ether oxygens (including phenoxy) is 3. The summed E-state index contributed by atoms with van der Waals surface area (Å²) in [7, 11) is 0. The summed E-state index contributed by atoms with van der Waals surface area (Å²) in [6.45, 7) is 8.19. The Labute approximate surface area is 132 Å². The number of rotatable bonds is 13. The average molecular weight is 321 g/mol. The van der Waals surface area contributed by atoms with Crippen LogP contribution in [0.15, 0.2) is 0 Å². The minimum atomic E-state index is -0.309. The van der Waals surface area contributed by atoms with Crippen molar-refractivity contribution in [2.75, 3.05) is 46.2 Å². The number of nitrogens with one attached hydrogen (secondary N) is 1. The van der Waals surface area contributed by atoms with Gasteiger partial charge in [-0.2, -0.15) is 12.6 Å². The van der Waals surface area contributed by atoms with Gasteiger partial charge in [0.05, 0.1) is 38.3 Å². The van der Waals surface area contributed by atoms with E-state index in [1.807, 2.05) is 13.8 Å². The number of carbonyl (C=O) groups is 2. The molecule has 1 unspecified atom stereocenters. The quantitative estimate of drug-likeness (QED) is 0.386. The van der Waals surface area contributed by atoms with Gasteiger partial charge in [0.15, 0.2) is 5.78 Å². The first-order valence-electron chi connectivity index (χ1n) is 7.17. The monoisotopic (exact) mass is 321 g/mol. The molecule has 124 valence electrons. The molecule has 1 atom stereocenters. The summed E-state index contributed by atoms with van der Waals surface area (Å²) in [5.41, 5.74) is 0. The molecule has 0 aromatic carbocycles. The first kappa shape index (κ1) is 20.4. The molecule has 0 fully saturated rings. The number of ketones is 1.